The topological polar surface area (TPSA) is 50.1 Å². The molecule has 1 aromatic rings. The van der Waals surface area contributed by atoms with E-state index >= 15 is 0 Å². The fourth-order valence-corrected chi connectivity index (χ4v) is 2.02. The molecule has 1 atom stereocenters. The van der Waals surface area contributed by atoms with Crippen molar-refractivity contribution in [2.24, 2.45) is 5.41 Å². The highest BCUT2D eigenvalue weighted by Gasteiger charge is 2.38. The first kappa shape index (κ1) is 13.1. The fourth-order valence-electron chi connectivity index (χ4n) is 2.02. The van der Waals surface area contributed by atoms with Gasteiger partial charge >= 0.3 is 5.97 Å². The summed E-state index contributed by atoms with van der Waals surface area (Å²) < 4.78 is 4.97. The molecule has 1 aliphatic rings. The van der Waals surface area contributed by atoms with Crippen LogP contribution in [0.15, 0.2) is 48.6 Å². The Labute approximate surface area is 112 Å². The van der Waals surface area contributed by atoms with Crippen molar-refractivity contribution < 1.29 is 9.53 Å². The zero-order valence-electron chi connectivity index (χ0n) is 10.8. The minimum Gasteiger partial charge on any atom is -0.465 e. The molecule has 96 valence electrons. The summed E-state index contributed by atoms with van der Waals surface area (Å²) >= 11 is 0. The number of nitriles is 1. The SMILES string of the molecule is CCOC(=O)C1(C#N)C=CC(c2ccccc2)=CC1. The van der Waals surface area contributed by atoms with Crippen LogP contribution in [0.25, 0.3) is 5.57 Å². The van der Waals surface area contributed by atoms with Gasteiger partial charge < -0.3 is 4.74 Å². The van der Waals surface area contributed by atoms with E-state index in [4.69, 9.17) is 4.74 Å². The lowest BCUT2D eigenvalue weighted by atomic mass is 9.80. The van der Waals surface area contributed by atoms with E-state index in [0.717, 1.165) is 11.1 Å². The zero-order chi connectivity index (χ0) is 13.7. The lowest BCUT2D eigenvalue weighted by molar-refractivity contribution is -0.149. The number of rotatable bonds is 3. The monoisotopic (exact) mass is 253 g/mol. The summed E-state index contributed by atoms with van der Waals surface area (Å²) in [5, 5.41) is 9.26. The van der Waals surface area contributed by atoms with Crippen LogP contribution in [0.1, 0.15) is 18.9 Å². The highest BCUT2D eigenvalue weighted by molar-refractivity contribution is 5.86. The quantitative estimate of drug-likeness (QED) is 0.778. The second-order valence-electron chi connectivity index (χ2n) is 4.37. The first-order valence-corrected chi connectivity index (χ1v) is 6.25. The van der Waals surface area contributed by atoms with E-state index in [9.17, 15) is 10.1 Å². The molecule has 1 aromatic carbocycles. The Morgan fingerprint density at radius 2 is 2.16 bits per heavy atom. The van der Waals surface area contributed by atoms with Gasteiger partial charge in [-0.1, -0.05) is 48.6 Å². The van der Waals surface area contributed by atoms with Crippen LogP contribution in [0, 0.1) is 16.7 Å². The van der Waals surface area contributed by atoms with Crippen LogP contribution in [-0.4, -0.2) is 12.6 Å². The average molecular weight is 253 g/mol. The van der Waals surface area contributed by atoms with Gasteiger partial charge in [-0.05, 0) is 24.5 Å². The van der Waals surface area contributed by atoms with E-state index in [1.165, 1.54) is 0 Å². The van der Waals surface area contributed by atoms with Crippen LogP contribution in [0.2, 0.25) is 0 Å². The Hall–Kier alpha value is -2.34. The average Bonchev–Trinajstić information content (AvgIpc) is 2.48. The van der Waals surface area contributed by atoms with Crippen molar-refractivity contribution in [1.29, 1.82) is 5.26 Å². The molecule has 0 bridgehead atoms. The lowest BCUT2D eigenvalue weighted by Gasteiger charge is -2.22. The molecule has 0 spiro atoms. The highest BCUT2D eigenvalue weighted by Crippen LogP contribution is 2.33. The van der Waals surface area contributed by atoms with Crippen molar-refractivity contribution in [3.63, 3.8) is 0 Å². The Morgan fingerprint density at radius 3 is 2.68 bits per heavy atom. The van der Waals surface area contributed by atoms with Gasteiger partial charge in [0.15, 0.2) is 5.41 Å². The number of carbonyl (C=O) groups is 1. The molecule has 1 unspecified atom stereocenters. The van der Waals surface area contributed by atoms with Crippen molar-refractivity contribution in [3.8, 4) is 6.07 Å². The third-order valence-electron chi connectivity index (χ3n) is 3.14. The van der Waals surface area contributed by atoms with Gasteiger partial charge in [0.1, 0.15) is 0 Å². The predicted molar refractivity (Wildman–Crippen MR) is 72.9 cm³/mol. The van der Waals surface area contributed by atoms with Crippen molar-refractivity contribution in [1.82, 2.24) is 0 Å². The molecular weight excluding hydrogens is 238 g/mol. The van der Waals surface area contributed by atoms with Crippen LogP contribution in [0.3, 0.4) is 0 Å². The number of hydrogen-bond acceptors (Lipinski definition) is 3. The molecule has 0 fully saturated rings. The molecule has 0 heterocycles. The number of nitrogens with zero attached hydrogens (tertiary/aromatic N) is 1. The summed E-state index contributed by atoms with van der Waals surface area (Å²) in [6.07, 6.45) is 5.73. The molecule has 3 heteroatoms. The molecule has 0 amide bonds. The number of ether oxygens (including phenoxy) is 1. The van der Waals surface area contributed by atoms with Gasteiger partial charge in [-0.15, -0.1) is 0 Å². The maximum Gasteiger partial charge on any atom is 0.330 e. The third-order valence-corrected chi connectivity index (χ3v) is 3.14. The summed E-state index contributed by atoms with van der Waals surface area (Å²) in [5.41, 5.74) is 0.929. The van der Waals surface area contributed by atoms with Crippen LogP contribution in [0.4, 0.5) is 0 Å². The van der Waals surface area contributed by atoms with Crippen molar-refractivity contribution >= 4 is 11.5 Å². The number of benzene rings is 1. The lowest BCUT2D eigenvalue weighted by Crippen LogP contribution is -2.30. The van der Waals surface area contributed by atoms with Crippen molar-refractivity contribution in [3.05, 3.63) is 54.1 Å². The van der Waals surface area contributed by atoms with Gasteiger partial charge in [-0.25, -0.2) is 4.79 Å². The maximum atomic E-state index is 11.9. The molecule has 2 rings (SSSR count). The summed E-state index contributed by atoms with van der Waals surface area (Å²) in [6.45, 7) is 2.02. The van der Waals surface area contributed by atoms with E-state index in [1.807, 2.05) is 42.5 Å². The van der Waals surface area contributed by atoms with Gasteiger partial charge in [-0.2, -0.15) is 5.26 Å². The van der Waals surface area contributed by atoms with Crippen LogP contribution in [-0.2, 0) is 9.53 Å². The van der Waals surface area contributed by atoms with Gasteiger partial charge in [-0.3, -0.25) is 0 Å². The zero-order valence-corrected chi connectivity index (χ0v) is 10.8. The molecule has 0 saturated carbocycles. The van der Waals surface area contributed by atoms with E-state index in [0.29, 0.717) is 6.42 Å². The summed E-state index contributed by atoms with van der Waals surface area (Å²) in [4.78, 5) is 11.9. The Kier molecular flexibility index (Phi) is 3.82. The van der Waals surface area contributed by atoms with Crippen LogP contribution >= 0.6 is 0 Å². The molecular formula is C16H15NO2. The van der Waals surface area contributed by atoms with E-state index < -0.39 is 11.4 Å². The third kappa shape index (κ3) is 2.58. The van der Waals surface area contributed by atoms with Gasteiger partial charge in [0, 0.05) is 0 Å². The molecule has 0 aromatic heterocycles. The molecule has 0 N–H and O–H groups in total. The Balaban J connectivity index is 2.22. The van der Waals surface area contributed by atoms with Crippen LogP contribution < -0.4 is 0 Å². The molecule has 1 aliphatic carbocycles. The molecule has 3 nitrogen and oxygen atoms in total. The normalized spacial score (nSPS) is 21.4. The predicted octanol–water partition coefficient (Wildman–Crippen LogP) is 3.10. The summed E-state index contributed by atoms with van der Waals surface area (Å²) in [7, 11) is 0. The van der Waals surface area contributed by atoms with Crippen LogP contribution in [0.5, 0.6) is 0 Å². The molecule has 0 radical (unpaired) electrons. The first-order chi connectivity index (χ1) is 9.22. The number of carbonyl (C=O) groups excluding carboxylic acids is 1. The minimum atomic E-state index is -1.17. The standard InChI is InChI=1S/C16H15NO2/c1-2-19-15(18)16(12-17)10-8-14(9-11-16)13-6-4-3-5-7-13/h3-10H,2,11H2,1H3. The Bertz CT molecular complexity index is 566. The summed E-state index contributed by atoms with van der Waals surface area (Å²) in [5.74, 6) is -0.475. The largest absolute Gasteiger partial charge is 0.465 e. The Morgan fingerprint density at radius 1 is 1.42 bits per heavy atom. The van der Waals surface area contributed by atoms with E-state index in [2.05, 4.69) is 6.07 Å². The second kappa shape index (κ2) is 5.53. The molecule has 0 aliphatic heterocycles. The number of esters is 1. The second-order valence-corrected chi connectivity index (χ2v) is 4.37. The van der Waals surface area contributed by atoms with Gasteiger partial charge in [0.05, 0.1) is 12.7 Å². The van der Waals surface area contributed by atoms with E-state index in [-0.39, 0.29) is 6.61 Å². The van der Waals surface area contributed by atoms with Crippen molar-refractivity contribution in [2.75, 3.05) is 6.61 Å². The smallest absolute Gasteiger partial charge is 0.330 e. The highest BCUT2D eigenvalue weighted by atomic mass is 16.5. The van der Waals surface area contributed by atoms with E-state index in [1.54, 1.807) is 13.0 Å². The fraction of sp³-hybridized carbons (Fsp3) is 0.250. The maximum absolute atomic E-state index is 11.9. The van der Waals surface area contributed by atoms with Gasteiger partial charge in [0.25, 0.3) is 0 Å². The molecule has 19 heavy (non-hydrogen) atoms. The number of allylic oxidation sites excluding steroid dienone is 3. The first-order valence-electron chi connectivity index (χ1n) is 6.25. The summed E-state index contributed by atoms with van der Waals surface area (Å²) in [6, 6.07) is 11.9. The molecule has 0 saturated heterocycles. The van der Waals surface area contributed by atoms with Gasteiger partial charge in [0.2, 0.25) is 0 Å². The number of hydrogen-bond donors (Lipinski definition) is 0. The van der Waals surface area contributed by atoms with Crippen molar-refractivity contribution in [2.45, 2.75) is 13.3 Å². The minimum absolute atomic E-state index is 0.283.